The Hall–Kier alpha value is -1.33. The average Bonchev–Trinajstić information content (AvgIpc) is 2.84. The maximum atomic E-state index is 12.1. The molecule has 112 valence electrons. The van der Waals surface area contributed by atoms with Crippen LogP contribution in [0.25, 0.3) is 0 Å². The van der Waals surface area contributed by atoms with Gasteiger partial charge in [0.25, 0.3) is 0 Å². The molecule has 1 amide bonds. The van der Waals surface area contributed by atoms with Gasteiger partial charge in [0.05, 0.1) is 0 Å². The molecule has 0 unspecified atom stereocenters. The Morgan fingerprint density at radius 2 is 2.20 bits per heavy atom. The fourth-order valence-electron chi connectivity index (χ4n) is 2.34. The third-order valence-corrected chi connectivity index (χ3v) is 3.52. The van der Waals surface area contributed by atoms with Gasteiger partial charge in [-0.1, -0.05) is 13.8 Å². The van der Waals surface area contributed by atoms with E-state index in [0.717, 1.165) is 38.3 Å². The fourth-order valence-corrected chi connectivity index (χ4v) is 2.34. The van der Waals surface area contributed by atoms with Crippen LogP contribution < -0.4 is 10.6 Å². The zero-order valence-electron chi connectivity index (χ0n) is 12.4. The van der Waals surface area contributed by atoms with Gasteiger partial charge in [-0.15, -0.1) is 0 Å². The number of hydrogen-bond acceptors (Lipinski definition) is 3. The Morgan fingerprint density at radius 1 is 1.45 bits per heavy atom. The van der Waals surface area contributed by atoms with Crippen molar-refractivity contribution in [3.8, 4) is 0 Å². The van der Waals surface area contributed by atoms with Gasteiger partial charge in [-0.25, -0.2) is 0 Å². The highest BCUT2D eigenvalue weighted by molar-refractivity contribution is 5.76. The van der Waals surface area contributed by atoms with Crippen LogP contribution in [0.2, 0.25) is 0 Å². The number of nitrogens with zero attached hydrogens (tertiary/aromatic N) is 1. The molecule has 1 aromatic heterocycles. The van der Waals surface area contributed by atoms with Crippen LogP contribution in [0, 0.1) is 0 Å². The predicted molar refractivity (Wildman–Crippen MR) is 78.4 cm³/mol. The number of aromatic nitrogens is 1. The molecule has 1 fully saturated rings. The Bertz CT molecular complexity index is 423. The molecule has 2 heterocycles. The molecule has 5 nitrogen and oxygen atoms in total. The van der Waals surface area contributed by atoms with Crippen molar-refractivity contribution in [2.24, 2.45) is 0 Å². The van der Waals surface area contributed by atoms with Gasteiger partial charge in [-0.05, 0) is 25.0 Å². The van der Waals surface area contributed by atoms with Crippen LogP contribution in [0.3, 0.4) is 0 Å². The second kappa shape index (κ2) is 7.45. The van der Waals surface area contributed by atoms with Gasteiger partial charge < -0.3 is 19.9 Å². The van der Waals surface area contributed by atoms with Gasteiger partial charge in [-0.2, -0.15) is 0 Å². The molecule has 2 rings (SSSR count). The van der Waals surface area contributed by atoms with Crippen LogP contribution in [-0.2, 0) is 22.6 Å². The molecule has 0 spiro atoms. The summed E-state index contributed by atoms with van der Waals surface area (Å²) in [5, 5.41) is 6.46. The zero-order chi connectivity index (χ0) is 14.4. The number of carbonyl (C=O) groups is 1. The van der Waals surface area contributed by atoms with Gasteiger partial charge in [0.15, 0.2) is 0 Å². The molecular weight excluding hydrogens is 254 g/mol. The highest BCUT2D eigenvalue weighted by Gasteiger charge is 2.16. The monoisotopic (exact) mass is 279 g/mol. The van der Waals surface area contributed by atoms with E-state index in [9.17, 15) is 4.79 Å². The first-order valence-corrected chi connectivity index (χ1v) is 7.39. The van der Waals surface area contributed by atoms with Gasteiger partial charge in [0.1, 0.15) is 6.54 Å². The Balaban J connectivity index is 1.82. The molecule has 0 saturated carbocycles. The first kappa shape index (κ1) is 15.1. The van der Waals surface area contributed by atoms with Crippen LogP contribution in [0.4, 0.5) is 0 Å². The second-order valence-corrected chi connectivity index (χ2v) is 5.62. The van der Waals surface area contributed by atoms with E-state index in [1.807, 2.05) is 16.8 Å². The number of rotatable bonds is 6. The summed E-state index contributed by atoms with van der Waals surface area (Å²) < 4.78 is 7.30. The van der Waals surface area contributed by atoms with Crippen molar-refractivity contribution in [3.05, 3.63) is 24.0 Å². The molecular formula is C15H25N3O2. The lowest BCUT2D eigenvalue weighted by Gasteiger charge is -2.23. The molecule has 2 N–H and O–H groups in total. The molecule has 1 aliphatic rings. The lowest BCUT2D eigenvalue weighted by molar-refractivity contribution is -0.123. The molecule has 20 heavy (non-hydrogen) atoms. The van der Waals surface area contributed by atoms with Gasteiger partial charge in [-0.3, -0.25) is 4.79 Å². The highest BCUT2D eigenvalue weighted by atomic mass is 16.5. The number of nitrogens with one attached hydrogen (secondary N) is 2. The SMILES string of the molecule is CC(C)NCc1cccn1CC(=O)NC1CCOCC1. The normalized spacial score (nSPS) is 16.6. The summed E-state index contributed by atoms with van der Waals surface area (Å²) in [5.74, 6) is 0.0823. The van der Waals surface area contributed by atoms with E-state index in [-0.39, 0.29) is 11.9 Å². The molecule has 0 aromatic carbocycles. The summed E-state index contributed by atoms with van der Waals surface area (Å²) in [7, 11) is 0. The predicted octanol–water partition coefficient (Wildman–Crippen LogP) is 1.28. The van der Waals surface area contributed by atoms with Crippen LogP contribution in [0.1, 0.15) is 32.4 Å². The largest absolute Gasteiger partial charge is 0.381 e. The average molecular weight is 279 g/mol. The zero-order valence-corrected chi connectivity index (χ0v) is 12.4. The lowest BCUT2D eigenvalue weighted by atomic mass is 10.1. The Morgan fingerprint density at radius 3 is 2.90 bits per heavy atom. The highest BCUT2D eigenvalue weighted by Crippen LogP contribution is 2.07. The third-order valence-electron chi connectivity index (χ3n) is 3.52. The molecule has 0 bridgehead atoms. The summed E-state index contributed by atoms with van der Waals surface area (Å²) in [5.41, 5.74) is 1.14. The van der Waals surface area contributed by atoms with Crippen LogP contribution >= 0.6 is 0 Å². The standard InChI is InChI=1S/C15H25N3O2/c1-12(2)16-10-14-4-3-7-18(14)11-15(19)17-13-5-8-20-9-6-13/h3-4,7,12-13,16H,5-6,8-11H2,1-2H3,(H,17,19). The van der Waals surface area contributed by atoms with Gasteiger partial charge >= 0.3 is 0 Å². The van der Waals surface area contributed by atoms with Crippen molar-refractivity contribution in [2.45, 2.75) is 51.9 Å². The minimum absolute atomic E-state index is 0.0823. The van der Waals surface area contributed by atoms with Crippen molar-refractivity contribution in [3.63, 3.8) is 0 Å². The van der Waals surface area contributed by atoms with Crippen molar-refractivity contribution in [1.82, 2.24) is 15.2 Å². The topological polar surface area (TPSA) is 55.3 Å². The van der Waals surface area contributed by atoms with E-state index < -0.39 is 0 Å². The molecule has 0 radical (unpaired) electrons. The van der Waals surface area contributed by atoms with Crippen molar-refractivity contribution in [2.75, 3.05) is 13.2 Å². The molecule has 1 aliphatic heterocycles. The molecule has 0 atom stereocenters. The maximum absolute atomic E-state index is 12.1. The van der Waals surface area contributed by atoms with Crippen LogP contribution in [0.15, 0.2) is 18.3 Å². The van der Waals surface area contributed by atoms with E-state index in [0.29, 0.717) is 12.6 Å². The summed E-state index contributed by atoms with van der Waals surface area (Å²) in [6.45, 7) is 6.90. The van der Waals surface area contributed by atoms with E-state index >= 15 is 0 Å². The summed E-state index contributed by atoms with van der Waals surface area (Å²) in [6, 6.07) is 4.74. The van der Waals surface area contributed by atoms with Gasteiger partial charge in [0, 0.05) is 43.7 Å². The second-order valence-electron chi connectivity index (χ2n) is 5.62. The van der Waals surface area contributed by atoms with Crippen LogP contribution in [-0.4, -0.2) is 35.8 Å². The summed E-state index contributed by atoms with van der Waals surface area (Å²) in [6.07, 6.45) is 3.79. The smallest absolute Gasteiger partial charge is 0.240 e. The molecule has 5 heteroatoms. The number of carbonyl (C=O) groups excluding carboxylic acids is 1. The van der Waals surface area contributed by atoms with E-state index in [4.69, 9.17) is 4.74 Å². The minimum Gasteiger partial charge on any atom is -0.381 e. The number of hydrogen-bond donors (Lipinski definition) is 2. The first-order valence-electron chi connectivity index (χ1n) is 7.39. The van der Waals surface area contributed by atoms with Gasteiger partial charge in [0.2, 0.25) is 5.91 Å². The third kappa shape index (κ3) is 4.65. The van der Waals surface area contributed by atoms with Crippen molar-refractivity contribution >= 4 is 5.91 Å². The van der Waals surface area contributed by atoms with E-state index in [2.05, 4.69) is 30.5 Å². The molecule has 0 aliphatic carbocycles. The summed E-state index contributed by atoms with van der Waals surface area (Å²) >= 11 is 0. The number of ether oxygens (including phenoxy) is 1. The van der Waals surface area contributed by atoms with E-state index in [1.54, 1.807) is 0 Å². The fraction of sp³-hybridized carbons (Fsp3) is 0.667. The summed E-state index contributed by atoms with van der Waals surface area (Å²) in [4.78, 5) is 12.1. The van der Waals surface area contributed by atoms with Crippen molar-refractivity contribution < 1.29 is 9.53 Å². The van der Waals surface area contributed by atoms with E-state index in [1.165, 1.54) is 0 Å². The number of amides is 1. The quantitative estimate of drug-likeness (QED) is 0.825. The Kier molecular flexibility index (Phi) is 5.61. The minimum atomic E-state index is 0.0823. The molecule has 1 aromatic rings. The molecule has 1 saturated heterocycles. The lowest BCUT2D eigenvalue weighted by Crippen LogP contribution is -2.40. The maximum Gasteiger partial charge on any atom is 0.240 e. The van der Waals surface area contributed by atoms with Crippen molar-refractivity contribution in [1.29, 1.82) is 0 Å². The Labute approximate surface area is 120 Å². The van der Waals surface area contributed by atoms with Crippen LogP contribution in [0.5, 0.6) is 0 Å². The first-order chi connectivity index (χ1) is 9.65.